The number of benzene rings is 1. The van der Waals surface area contributed by atoms with Crippen LogP contribution in [0.2, 0.25) is 0 Å². The van der Waals surface area contributed by atoms with Crippen LogP contribution in [0.25, 0.3) is 0 Å². The summed E-state index contributed by atoms with van der Waals surface area (Å²) in [6, 6.07) is 8.45. The minimum Gasteiger partial charge on any atom is -0.330 e. The summed E-state index contributed by atoms with van der Waals surface area (Å²) in [5.41, 5.74) is 12.8. The third kappa shape index (κ3) is 3.55. The van der Waals surface area contributed by atoms with Crippen molar-refractivity contribution in [3.05, 3.63) is 33.4 Å². The average molecular weight is 304 g/mol. The standard InChI is InChI=1S/C11H17IN2/c12-10-6-2-1-5-9(10)11(14)7-3-4-8-13/h1-2,5-6,11H,3-4,7-8,13-14H2/t11-/m1/s1. The number of rotatable bonds is 5. The second-order valence-electron chi connectivity index (χ2n) is 3.41. The van der Waals surface area contributed by atoms with Crippen LogP contribution >= 0.6 is 22.6 Å². The van der Waals surface area contributed by atoms with Crippen LogP contribution in [-0.2, 0) is 0 Å². The van der Waals surface area contributed by atoms with E-state index in [1.165, 1.54) is 9.13 Å². The van der Waals surface area contributed by atoms with Crippen molar-refractivity contribution in [3.8, 4) is 0 Å². The molecule has 2 nitrogen and oxygen atoms in total. The SMILES string of the molecule is NCCCC[C@@H](N)c1ccccc1I. The lowest BCUT2D eigenvalue weighted by Crippen LogP contribution is -2.12. The minimum absolute atomic E-state index is 0.162. The monoisotopic (exact) mass is 304 g/mol. The largest absolute Gasteiger partial charge is 0.330 e. The lowest BCUT2D eigenvalue weighted by Gasteiger charge is -2.13. The molecule has 0 aliphatic carbocycles. The number of hydrogen-bond acceptors (Lipinski definition) is 2. The Bertz CT molecular complexity index is 276. The Hall–Kier alpha value is -0.130. The molecule has 0 spiro atoms. The molecule has 1 aromatic rings. The molecule has 1 aromatic carbocycles. The van der Waals surface area contributed by atoms with Crippen molar-refractivity contribution in [1.29, 1.82) is 0 Å². The molecule has 0 aliphatic heterocycles. The Labute approximate surface area is 99.2 Å². The van der Waals surface area contributed by atoms with Crippen LogP contribution < -0.4 is 11.5 Å². The molecule has 0 unspecified atom stereocenters. The highest BCUT2D eigenvalue weighted by Gasteiger charge is 2.07. The first-order chi connectivity index (χ1) is 6.75. The van der Waals surface area contributed by atoms with Crippen molar-refractivity contribution in [2.75, 3.05) is 6.54 Å². The first-order valence-electron chi connectivity index (χ1n) is 4.95. The highest BCUT2D eigenvalue weighted by Crippen LogP contribution is 2.21. The zero-order valence-corrected chi connectivity index (χ0v) is 10.4. The Kier molecular flexibility index (Phi) is 5.44. The van der Waals surface area contributed by atoms with Gasteiger partial charge in [0.2, 0.25) is 0 Å². The third-order valence-corrected chi connectivity index (χ3v) is 3.26. The molecule has 0 heterocycles. The van der Waals surface area contributed by atoms with Gasteiger partial charge in [0.25, 0.3) is 0 Å². The van der Waals surface area contributed by atoms with Crippen LogP contribution in [0.15, 0.2) is 24.3 Å². The van der Waals surface area contributed by atoms with Crippen LogP contribution in [0.5, 0.6) is 0 Å². The van der Waals surface area contributed by atoms with Crippen molar-refractivity contribution in [3.63, 3.8) is 0 Å². The first kappa shape index (κ1) is 11.9. The Morgan fingerprint density at radius 2 is 1.93 bits per heavy atom. The molecule has 0 bridgehead atoms. The molecule has 0 saturated carbocycles. The van der Waals surface area contributed by atoms with Gasteiger partial charge in [-0.1, -0.05) is 24.6 Å². The number of hydrogen-bond donors (Lipinski definition) is 2. The summed E-state index contributed by atoms with van der Waals surface area (Å²) in [6.45, 7) is 0.763. The van der Waals surface area contributed by atoms with Gasteiger partial charge in [-0.15, -0.1) is 0 Å². The summed E-state index contributed by atoms with van der Waals surface area (Å²) in [6.07, 6.45) is 3.21. The molecule has 3 heteroatoms. The van der Waals surface area contributed by atoms with Gasteiger partial charge < -0.3 is 11.5 Å². The molecule has 78 valence electrons. The molecule has 4 N–H and O–H groups in total. The second kappa shape index (κ2) is 6.37. The van der Waals surface area contributed by atoms with Crippen molar-refractivity contribution in [2.24, 2.45) is 11.5 Å². The molecule has 1 rings (SSSR count). The second-order valence-corrected chi connectivity index (χ2v) is 4.57. The van der Waals surface area contributed by atoms with Crippen LogP contribution in [0.1, 0.15) is 30.9 Å². The molecule has 0 radical (unpaired) electrons. The number of nitrogens with two attached hydrogens (primary N) is 2. The first-order valence-corrected chi connectivity index (χ1v) is 6.03. The van der Waals surface area contributed by atoms with Gasteiger partial charge >= 0.3 is 0 Å². The average Bonchev–Trinajstić information content (AvgIpc) is 2.18. The van der Waals surface area contributed by atoms with Gasteiger partial charge in [-0.25, -0.2) is 0 Å². The highest BCUT2D eigenvalue weighted by molar-refractivity contribution is 14.1. The molecule has 0 aromatic heterocycles. The Balaban J connectivity index is 2.51. The predicted molar refractivity (Wildman–Crippen MR) is 69.0 cm³/mol. The van der Waals surface area contributed by atoms with E-state index in [2.05, 4.69) is 34.7 Å². The van der Waals surface area contributed by atoms with E-state index in [1.54, 1.807) is 0 Å². The van der Waals surface area contributed by atoms with Crippen LogP contribution in [0, 0.1) is 3.57 Å². The molecule has 0 aliphatic rings. The Morgan fingerprint density at radius 1 is 1.21 bits per heavy atom. The molecule has 0 amide bonds. The van der Waals surface area contributed by atoms with Crippen LogP contribution in [-0.4, -0.2) is 6.54 Å². The normalized spacial score (nSPS) is 12.8. The summed E-state index contributed by atoms with van der Waals surface area (Å²) in [5, 5.41) is 0. The molecule has 1 atom stereocenters. The summed E-state index contributed by atoms with van der Waals surface area (Å²) in [4.78, 5) is 0. The van der Waals surface area contributed by atoms with Gasteiger partial charge in [0.05, 0.1) is 0 Å². The maximum atomic E-state index is 6.09. The van der Waals surface area contributed by atoms with Crippen molar-refractivity contribution >= 4 is 22.6 Å². The number of halogens is 1. The molecule has 0 saturated heterocycles. The van der Waals surface area contributed by atoms with Gasteiger partial charge in [-0.3, -0.25) is 0 Å². The predicted octanol–water partition coefficient (Wildman–Crippen LogP) is 2.42. The maximum absolute atomic E-state index is 6.09. The maximum Gasteiger partial charge on any atom is 0.0305 e. The van der Waals surface area contributed by atoms with Gasteiger partial charge in [-0.2, -0.15) is 0 Å². The Morgan fingerprint density at radius 3 is 2.57 bits per heavy atom. The van der Waals surface area contributed by atoms with E-state index >= 15 is 0 Å². The summed E-state index contributed by atoms with van der Waals surface area (Å²) >= 11 is 2.33. The lowest BCUT2D eigenvalue weighted by atomic mass is 10.0. The quantitative estimate of drug-likeness (QED) is 0.648. The smallest absolute Gasteiger partial charge is 0.0305 e. The van der Waals surface area contributed by atoms with E-state index < -0.39 is 0 Å². The minimum atomic E-state index is 0.162. The van der Waals surface area contributed by atoms with E-state index in [-0.39, 0.29) is 6.04 Å². The van der Waals surface area contributed by atoms with Crippen molar-refractivity contribution in [1.82, 2.24) is 0 Å². The lowest BCUT2D eigenvalue weighted by molar-refractivity contribution is 0.589. The summed E-state index contributed by atoms with van der Waals surface area (Å²) < 4.78 is 1.25. The summed E-state index contributed by atoms with van der Waals surface area (Å²) in [7, 11) is 0. The fourth-order valence-corrected chi connectivity index (χ4v) is 2.23. The van der Waals surface area contributed by atoms with Gasteiger partial charge in [-0.05, 0) is 53.6 Å². The van der Waals surface area contributed by atoms with Crippen molar-refractivity contribution in [2.45, 2.75) is 25.3 Å². The van der Waals surface area contributed by atoms with Crippen LogP contribution in [0.3, 0.4) is 0 Å². The van der Waals surface area contributed by atoms with E-state index in [4.69, 9.17) is 11.5 Å². The molecule has 14 heavy (non-hydrogen) atoms. The van der Waals surface area contributed by atoms with Gasteiger partial charge in [0.15, 0.2) is 0 Å². The van der Waals surface area contributed by atoms with E-state index in [9.17, 15) is 0 Å². The highest BCUT2D eigenvalue weighted by atomic mass is 127. The number of unbranched alkanes of at least 4 members (excludes halogenated alkanes) is 1. The fraction of sp³-hybridized carbons (Fsp3) is 0.455. The van der Waals surface area contributed by atoms with Gasteiger partial charge in [0.1, 0.15) is 0 Å². The zero-order valence-electron chi connectivity index (χ0n) is 8.25. The third-order valence-electron chi connectivity index (χ3n) is 2.27. The topological polar surface area (TPSA) is 52.0 Å². The fourth-order valence-electron chi connectivity index (χ4n) is 1.44. The van der Waals surface area contributed by atoms with Crippen molar-refractivity contribution < 1.29 is 0 Å². The summed E-state index contributed by atoms with van der Waals surface area (Å²) in [5.74, 6) is 0. The molecular weight excluding hydrogens is 287 g/mol. The molecule has 0 fully saturated rings. The van der Waals surface area contributed by atoms with Gasteiger partial charge in [0, 0.05) is 9.61 Å². The van der Waals surface area contributed by atoms with Crippen LogP contribution in [0.4, 0.5) is 0 Å². The van der Waals surface area contributed by atoms with E-state index in [0.29, 0.717) is 0 Å². The van der Waals surface area contributed by atoms with E-state index in [0.717, 1.165) is 25.8 Å². The van der Waals surface area contributed by atoms with E-state index in [1.807, 2.05) is 12.1 Å². The zero-order chi connectivity index (χ0) is 10.4. The molecular formula is C11H17IN2.